The molecule has 3 heterocycles. The van der Waals surface area contributed by atoms with Crippen molar-refractivity contribution in [3.05, 3.63) is 58.3 Å². The Hall–Kier alpha value is -3.16. The molecule has 3 rings (SSSR count). The lowest BCUT2D eigenvalue weighted by Crippen LogP contribution is -2.24. The SMILES string of the molecule is CCCn1nc(C(=O)OCc2cc(-c3ccco3)on2)ccc1=O. The van der Waals surface area contributed by atoms with Gasteiger partial charge in [0, 0.05) is 18.7 Å². The molecule has 0 fully saturated rings. The van der Waals surface area contributed by atoms with Gasteiger partial charge in [0.2, 0.25) is 5.76 Å². The Morgan fingerprint density at radius 2 is 2.17 bits per heavy atom. The average Bonchev–Trinajstić information content (AvgIpc) is 3.26. The second kappa shape index (κ2) is 6.95. The first-order valence-corrected chi connectivity index (χ1v) is 7.42. The Balaban J connectivity index is 1.65. The molecule has 0 amide bonds. The highest BCUT2D eigenvalue weighted by atomic mass is 16.5. The zero-order chi connectivity index (χ0) is 16.9. The van der Waals surface area contributed by atoms with Gasteiger partial charge in [-0.2, -0.15) is 5.10 Å². The Bertz CT molecular complexity index is 879. The van der Waals surface area contributed by atoms with Gasteiger partial charge in [0.15, 0.2) is 11.5 Å². The van der Waals surface area contributed by atoms with Gasteiger partial charge in [0.25, 0.3) is 5.56 Å². The molecule has 8 nitrogen and oxygen atoms in total. The van der Waals surface area contributed by atoms with Crippen LogP contribution in [-0.2, 0) is 17.9 Å². The maximum absolute atomic E-state index is 12.0. The molecule has 0 aliphatic carbocycles. The highest BCUT2D eigenvalue weighted by Gasteiger charge is 2.14. The van der Waals surface area contributed by atoms with E-state index >= 15 is 0 Å². The maximum Gasteiger partial charge on any atom is 0.359 e. The van der Waals surface area contributed by atoms with Gasteiger partial charge in [-0.25, -0.2) is 9.48 Å². The standard InChI is InChI=1S/C16H15N3O5/c1-2-7-19-15(20)6-5-12(17-19)16(21)23-10-11-9-14(24-18-11)13-4-3-8-22-13/h3-6,8-9H,2,7,10H2,1H3. The summed E-state index contributed by atoms with van der Waals surface area (Å²) in [4.78, 5) is 23.6. The molecule has 124 valence electrons. The third kappa shape index (κ3) is 3.43. The maximum atomic E-state index is 12.0. The summed E-state index contributed by atoms with van der Waals surface area (Å²) in [7, 11) is 0. The zero-order valence-corrected chi connectivity index (χ0v) is 13.0. The number of hydrogen-bond donors (Lipinski definition) is 0. The van der Waals surface area contributed by atoms with Crippen LogP contribution < -0.4 is 5.56 Å². The largest absolute Gasteiger partial charge is 0.461 e. The number of carbonyl (C=O) groups is 1. The summed E-state index contributed by atoms with van der Waals surface area (Å²) < 4.78 is 16.7. The van der Waals surface area contributed by atoms with Gasteiger partial charge in [-0.3, -0.25) is 4.79 Å². The van der Waals surface area contributed by atoms with Gasteiger partial charge in [-0.05, 0) is 24.6 Å². The molecule has 0 bridgehead atoms. The Labute approximate surface area is 136 Å². The highest BCUT2D eigenvalue weighted by molar-refractivity contribution is 5.86. The quantitative estimate of drug-likeness (QED) is 0.639. The molecule has 0 N–H and O–H groups in total. The van der Waals surface area contributed by atoms with E-state index in [0.717, 1.165) is 6.42 Å². The van der Waals surface area contributed by atoms with Crippen molar-refractivity contribution in [3.8, 4) is 11.5 Å². The van der Waals surface area contributed by atoms with Crippen molar-refractivity contribution in [1.82, 2.24) is 14.9 Å². The molecule has 0 aliphatic heterocycles. The van der Waals surface area contributed by atoms with E-state index < -0.39 is 5.97 Å². The van der Waals surface area contributed by atoms with Crippen molar-refractivity contribution in [2.24, 2.45) is 0 Å². The molecule has 0 aliphatic rings. The van der Waals surface area contributed by atoms with Gasteiger partial charge in [-0.1, -0.05) is 12.1 Å². The minimum Gasteiger partial charge on any atom is -0.461 e. The van der Waals surface area contributed by atoms with Gasteiger partial charge in [-0.15, -0.1) is 0 Å². The lowest BCUT2D eigenvalue weighted by molar-refractivity contribution is 0.0454. The molecule has 0 unspecified atom stereocenters. The first-order chi connectivity index (χ1) is 11.7. The van der Waals surface area contributed by atoms with E-state index in [-0.39, 0.29) is 17.9 Å². The number of carbonyl (C=O) groups excluding carboxylic acids is 1. The van der Waals surface area contributed by atoms with Crippen LogP contribution in [0.1, 0.15) is 29.5 Å². The number of furan rings is 1. The topological polar surface area (TPSA) is 100 Å². The summed E-state index contributed by atoms with van der Waals surface area (Å²) in [6.45, 7) is 2.29. The molecule has 0 saturated carbocycles. The number of hydrogen-bond acceptors (Lipinski definition) is 7. The van der Waals surface area contributed by atoms with Crippen LogP contribution in [0.5, 0.6) is 0 Å². The van der Waals surface area contributed by atoms with Gasteiger partial charge < -0.3 is 13.7 Å². The normalized spacial score (nSPS) is 10.7. The summed E-state index contributed by atoms with van der Waals surface area (Å²) in [6.07, 6.45) is 2.26. The third-order valence-electron chi connectivity index (χ3n) is 3.19. The van der Waals surface area contributed by atoms with E-state index in [2.05, 4.69) is 10.3 Å². The van der Waals surface area contributed by atoms with E-state index in [4.69, 9.17) is 13.7 Å². The van der Waals surface area contributed by atoms with Crippen LogP contribution in [0.4, 0.5) is 0 Å². The Morgan fingerprint density at radius 3 is 2.92 bits per heavy atom. The van der Waals surface area contributed by atoms with Crippen LogP contribution in [0.3, 0.4) is 0 Å². The van der Waals surface area contributed by atoms with Gasteiger partial charge in [0.1, 0.15) is 12.3 Å². The predicted octanol–water partition coefficient (Wildman–Crippen LogP) is 2.26. The van der Waals surface area contributed by atoms with Gasteiger partial charge in [0.05, 0.1) is 6.26 Å². The summed E-state index contributed by atoms with van der Waals surface area (Å²) >= 11 is 0. The predicted molar refractivity (Wildman–Crippen MR) is 82.1 cm³/mol. The van der Waals surface area contributed by atoms with Crippen molar-refractivity contribution >= 4 is 5.97 Å². The van der Waals surface area contributed by atoms with Crippen molar-refractivity contribution in [1.29, 1.82) is 0 Å². The number of ether oxygens (including phenoxy) is 1. The summed E-state index contributed by atoms with van der Waals surface area (Å²) in [5, 5.41) is 7.80. The van der Waals surface area contributed by atoms with Crippen molar-refractivity contribution in [2.45, 2.75) is 26.5 Å². The summed E-state index contributed by atoms with van der Waals surface area (Å²) in [5.41, 5.74) is 0.252. The van der Waals surface area contributed by atoms with Gasteiger partial charge >= 0.3 is 5.97 Å². The molecule has 3 aromatic rings. The van der Waals surface area contributed by atoms with Crippen molar-refractivity contribution < 1.29 is 18.5 Å². The minimum atomic E-state index is -0.637. The van der Waals surface area contributed by atoms with E-state index in [1.54, 1.807) is 18.2 Å². The molecule has 0 aromatic carbocycles. The van der Waals surface area contributed by atoms with Crippen molar-refractivity contribution in [2.75, 3.05) is 0 Å². The first kappa shape index (κ1) is 15.7. The van der Waals surface area contributed by atoms with Crippen LogP contribution in [0, 0.1) is 0 Å². The van der Waals surface area contributed by atoms with Crippen molar-refractivity contribution in [3.63, 3.8) is 0 Å². The second-order valence-electron chi connectivity index (χ2n) is 5.02. The monoisotopic (exact) mass is 329 g/mol. The highest BCUT2D eigenvalue weighted by Crippen LogP contribution is 2.20. The molecule has 0 atom stereocenters. The smallest absolute Gasteiger partial charge is 0.359 e. The van der Waals surface area contributed by atoms with E-state index in [0.29, 0.717) is 23.8 Å². The first-order valence-electron chi connectivity index (χ1n) is 7.42. The van der Waals surface area contributed by atoms with E-state index in [9.17, 15) is 9.59 Å². The summed E-state index contributed by atoms with van der Waals surface area (Å²) in [5.74, 6) is 0.344. The number of nitrogens with zero attached hydrogens (tertiary/aromatic N) is 3. The Morgan fingerprint density at radius 1 is 1.29 bits per heavy atom. The lowest BCUT2D eigenvalue weighted by atomic mass is 10.3. The van der Waals surface area contributed by atoms with Crippen LogP contribution in [-0.4, -0.2) is 20.9 Å². The van der Waals surface area contributed by atoms with E-state index in [1.807, 2.05) is 6.92 Å². The van der Waals surface area contributed by atoms with Crippen LogP contribution in [0.25, 0.3) is 11.5 Å². The number of aryl methyl sites for hydroxylation is 1. The number of rotatable bonds is 6. The molecule has 24 heavy (non-hydrogen) atoms. The van der Waals surface area contributed by atoms with Crippen LogP contribution in [0.15, 0.2) is 50.3 Å². The van der Waals surface area contributed by atoms with Crippen LogP contribution in [0.2, 0.25) is 0 Å². The fraction of sp³-hybridized carbons (Fsp3) is 0.250. The zero-order valence-electron chi connectivity index (χ0n) is 13.0. The average molecular weight is 329 g/mol. The molecule has 0 spiro atoms. The number of aromatic nitrogens is 3. The van der Waals surface area contributed by atoms with Crippen LogP contribution >= 0.6 is 0 Å². The van der Waals surface area contributed by atoms with E-state index in [1.165, 1.54) is 23.1 Å². The Kier molecular flexibility index (Phi) is 4.55. The third-order valence-corrected chi connectivity index (χ3v) is 3.19. The second-order valence-corrected chi connectivity index (χ2v) is 5.02. The molecule has 8 heteroatoms. The molecular formula is C16H15N3O5. The molecule has 3 aromatic heterocycles. The molecular weight excluding hydrogens is 314 g/mol. The fourth-order valence-corrected chi connectivity index (χ4v) is 2.06. The number of esters is 1. The lowest BCUT2D eigenvalue weighted by Gasteiger charge is -2.05. The molecule has 0 radical (unpaired) electrons. The minimum absolute atomic E-state index is 0.0674. The fourth-order valence-electron chi connectivity index (χ4n) is 2.06. The molecule has 0 saturated heterocycles. The summed E-state index contributed by atoms with van der Waals surface area (Å²) in [6, 6.07) is 7.72.